The third-order valence-corrected chi connectivity index (χ3v) is 4.06. The summed E-state index contributed by atoms with van der Waals surface area (Å²) in [6.07, 6.45) is 3.55. The zero-order valence-corrected chi connectivity index (χ0v) is 12.5. The Bertz CT molecular complexity index is 720. The fourth-order valence-corrected chi connectivity index (χ4v) is 2.83. The third kappa shape index (κ3) is 3.03. The van der Waals surface area contributed by atoms with Crippen molar-refractivity contribution < 1.29 is 0 Å². The maximum atomic E-state index is 5.99. The summed E-state index contributed by atoms with van der Waals surface area (Å²) in [6, 6.07) is 12.4. The van der Waals surface area contributed by atoms with Crippen molar-refractivity contribution in [1.29, 1.82) is 0 Å². The Morgan fingerprint density at radius 2 is 2.00 bits per heavy atom. The predicted octanol–water partition coefficient (Wildman–Crippen LogP) is 3.71. The molecule has 0 bridgehead atoms. The highest BCUT2D eigenvalue weighted by molar-refractivity contribution is 7.11. The summed E-state index contributed by atoms with van der Waals surface area (Å²) in [6.45, 7) is 2.83. The second kappa shape index (κ2) is 5.93. The first-order valence-corrected chi connectivity index (χ1v) is 7.46. The van der Waals surface area contributed by atoms with Crippen LogP contribution in [-0.2, 0) is 6.54 Å². The molecular weight excluding hydrogens is 280 g/mol. The zero-order chi connectivity index (χ0) is 14.7. The number of rotatable bonds is 4. The Kier molecular flexibility index (Phi) is 3.83. The summed E-state index contributed by atoms with van der Waals surface area (Å²) in [7, 11) is 0. The van der Waals surface area contributed by atoms with E-state index in [2.05, 4.69) is 45.9 Å². The Morgan fingerprint density at radius 3 is 2.71 bits per heavy atom. The number of anilines is 2. The summed E-state index contributed by atoms with van der Waals surface area (Å²) >= 11 is 1.38. The van der Waals surface area contributed by atoms with Gasteiger partial charge >= 0.3 is 0 Å². The molecule has 0 aliphatic rings. The van der Waals surface area contributed by atoms with Gasteiger partial charge in [-0.1, -0.05) is 35.9 Å². The predicted molar refractivity (Wildman–Crippen MR) is 88.3 cm³/mol. The third-order valence-electron chi connectivity index (χ3n) is 3.24. The van der Waals surface area contributed by atoms with Crippen molar-refractivity contribution >= 4 is 22.4 Å². The molecule has 4 nitrogen and oxygen atoms in total. The van der Waals surface area contributed by atoms with E-state index < -0.39 is 0 Å². The summed E-state index contributed by atoms with van der Waals surface area (Å²) in [5.41, 5.74) is 10.4. The molecule has 0 saturated carbocycles. The van der Waals surface area contributed by atoms with Crippen LogP contribution in [0.15, 0.2) is 48.8 Å². The molecule has 0 fully saturated rings. The normalized spacial score (nSPS) is 10.5. The van der Waals surface area contributed by atoms with Crippen molar-refractivity contribution in [1.82, 2.24) is 9.36 Å². The van der Waals surface area contributed by atoms with Crippen LogP contribution in [0.2, 0.25) is 0 Å². The van der Waals surface area contributed by atoms with Crippen molar-refractivity contribution in [3.05, 3.63) is 59.9 Å². The number of hydrogen-bond donors (Lipinski definition) is 2. The minimum absolute atomic E-state index is 0.541. The lowest BCUT2D eigenvalue weighted by Gasteiger charge is -2.07. The molecule has 0 radical (unpaired) electrons. The van der Waals surface area contributed by atoms with Gasteiger partial charge in [0, 0.05) is 24.5 Å². The molecule has 2 heterocycles. The van der Waals surface area contributed by atoms with Gasteiger partial charge in [-0.2, -0.15) is 4.37 Å². The van der Waals surface area contributed by atoms with Gasteiger partial charge in [0.15, 0.2) is 0 Å². The van der Waals surface area contributed by atoms with Gasteiger partial charge in [0.2, 0.25) is 0 Å². The van der Waals surface area contributed by atoms with Crippen molar-refractivity contribution in [3.63, 3.8) is 0 Å². The van der Waals surface area contributed by atoms with Crippen molar-refractivity contribution in [2.45, 2.75) is 13.5 Å². The van der Waals surface area contributed by atoms with E-state index in [9.17, 15) is 0 Å². The first kappa shape index (κ1) is 13.6. The molecular formula is C16H16N4S. The number of aromatic nitrogens is 2. The summed E-state index contributed by atoms with van der Waals surface area (Å²) in [5.74, 6) is 0.541. The Balaban J connectivity index is 1.82. The summed E-state index contributed by atoms with van der Waals surface area (Å²) in [4.78, 5) is 4.14. The van der Waals surface area contributed by atoms with Crippen molar-refractivity contribution in [2.24, 2.45) is 0 Å². The molecule has 0 atom stereocenters. The van der Waals surface area contributed by atoms with Crippen LogP contribution in [0.5, 0.6) is 0 Å². The molecule has 3 aromatic rings. The van der Waals surface area contributed by atoms with Crippen LogP contribution >= 0.6 is 11.5 Å². The smallest absolute Gasteiger partial charge is 0.147 e. The van der Waals surface area contributed by atoms with E-state index in [0.717, 1.165) is 22.7 Å². The maximum absolute atomic E-state index is 5.99. The minimum atomic E-state index is 0.541. The molecule has 21 heavy (non-hydrogen) atoms. The maximum Gasteiger partial charge on any atom is 0.147 e. The molecule has 3 rings (SSSR count). The molecule has 0 spiro atoms. The van der Waals surface area contributed by atoms with Crippen molar-refractivity contribution in [2.75, 3.05) is 11.1 Å². The van der Waals surface area contributed by atoms with Gasteiger partial charge in [0.05, 0.1) is 5.56 Å². The number of nitrogens with zero attached hydrogens (tertiary/aromatic N) is 2. The van der Waals surface area contributed by atoms with Crippen LogP contribution in [0, 0.1) is 6.92 Å². The van der Waals surface area contributed by atoms with Gasteiger partial charge in [-0.25, -0.2) is 0 Å². The number of benzene rings is 1. The first-order valence-electron chi connectivity index (χ1n) is 6.69. The average molecular weight is 296 g/mol. The monoisotopic (exact) mass is 296 g/mol. The van der Waals surface area contributed by atoms with Crippen LogP contribution in [0.4, 0.5) is 10.8 Å². The lowest BCUT2D eigenvalue weighted by molar-refractivity contribution is 1.16. The van der Waals surface area contributed by atoms with Crippen LogP contribution in [0.3, 0.4) is 0 Å². The molecule has 0 saturated heterocycles. The van der Waals surface area contributed by atoms with Gasteiger partial charge < -0.3 is 11.1 Å². The molecule has 2 aromatic heterocycles. The van der Waals surface area contributed by atoms with E-state index in [0.29, 0.717) is 5.82 Å². The van der Waals surface area contributed by atoms with E-state index in [-0.39, 0.29) is 0 Å². The van der Waals surface area contributed by atoms with Crippen LogP contribution < -0.4 is 11.1 Å². The van der Waals surface area contributed by atoms with Crippen LogP contribution in [0.25, 0.3) is 11.1 Å². The highest BCUT2D eigenvalue weighted by atomic mass is 32.1. The quantitative estimate of drug-likeness (QED) is 0.770. The lowest BCUT2D eigenvalue weighted by Crippen LogP contribution is -1.99. The largest absolute Gasteiger partial charge is 0.382 e. The number of aryl methyl sites for hydroxylation is 1. The first-order chi connectivity index (χ1) is 10.2. The van der Waals surface area contributed by atoms with Gasteiger partial charge in [-0.05, 0) is 30.1 Å². The highest BCUT2D eigenvalue weighted by Gasteiger charge is 2.13. The highest BCUT2D eigenvalue weighted by Crippen LogP contribution is 2.36. The molecule has 0 unspecified atom stereocenters. The minimum Gasteiger partial charge on any atom is -0.382 e. The number of pyridine rings is 1. The van der Waals surface area contributed by atoms with Gasteiger partial charge in [-0.15, -0.1) is 0 Å². The molecule has 3 N–H and O–H groups in total. The number of nitrogen functional groups attached to an aromatic ring is 1. The van der Waals surface area contributed by atoms with E-state index >= 15 is 0 Å². The number of nitrogens with one attached hydrogen (secondary N) is 1. The number of nitrogens with two attached hydrogens (primary N) is 1. The Hall–Kier alpha value is -2.40. The van der Waals surface area contributed by atoms with E-state index in [1.165, 1.54) is 22.7 Å². The molecule has 0 aliphatic carbocycles. The fourth-order valence-electron chi connectivity index (χ4n) is 2.10. The second-order valence-electron chi connectivity index (χ2n) is 4.85. The molecule has 0 amide bonds. The average Bonchev–Trinajstić information content (AvgIpc) is 2.88. The lowest BCUT2D eigenvalue weighted by atomic mass is 10.1. The van der Waals surface area contributed by atoms with E-state index in [4.69, 9.17) is 5.73 Å². The summed E-state index contributed by atoms with van der Waals surface area (Å²) in [5, 5.41) is 4.39. The van der Waals surface area contributed by atoms with Gasteiger partial charge in [-0.3, -0.25) is 4.98 Å². The molecule has 5 heteroatoms. The Morgan fingerprint density at radius 1 is 1.19 bits per heavy atom. The van der Waals surface area contributed by atoms with Gasteiger partial charge in [0.1, 0.15) is 10.8 Å². The number of hydrogen-bond acceptors (Lipinski definition) is 5. The standard InChI is InChI=1S/C16H16N4S/c1-11-4-6-12(7-5-11)9-19-16-14(15(17)20-21-16)13-3-2-8-18-10-13/h2-8,10,19H,9H2,1H3,(H2,17,20). The van der Waals surface area contributed by atoms with E-state index in [1.54, 1.807) is 12.4 Å². The SMILES string of the molecule is Cc1ccc(CNc2snc(N)c2-c2cccnc2)cc1. The Labute approximate surface area is 127 Å². The summed E-state index contributed by atoms with van der Waals surface area (Å²) < 4.78 is 4.25. The molecule has 1 aromatic carbocycles. The molecule has 0 aliphatic heterocycles. The van der Waals surface area contributed by atoms with E-state index in [1.807, 2.05) is 12.1 Å². The fraction of sp³-hybridized carbons (Fsp3) is 0.125. The zero-order valence-electron chi connectivity index (χ0n) is 11.7. The van der Waals surface area contributed by atoms with Gasteiger partial charge in [0.25, 0.3) is 0 Å². The molecule has 106 valence electrons. The topological polar surface area (TPSA) is 63.8 Å². The second-order valence-corrected chi connectivity index (χ2v) is 5.63. The van der Waals surface area contributed by atoms with Crippen LogP contribution in [-0.4, -0.2) is 9.36 Å². The van der Waals surface area contributed by atoms with Crippen molar-refractivity contribution in [3.8, 4) is 11.1 Å². The van der Waals surface area contributed by atoms with Crippen LogP contribution in [0.1, 0.15) is 11.1 Å².